The molecular formula is C10H10N4O3S. The highest BCUT2D eigenvalue weighted by Gasteiger charge is 2.14. The summed E-state index contributed by atoms with van der Waals surface area (Å²) in [5.41, 5.74) is 0. The van der Waals surface area contributed by atoms with Gasteiger partial charge in [0, 0.05) is 6.42 Å². The van der Waals surface area contributed by atoms with E-state index in [1.807, 2.05) is 6.92 Å². The topological polar surface area (TPSA) is 108 Å². The molecule has 0 aliphatic carbocycles. The van der Waals surface area contributed by atoms with Gasteiger partial charge in [-0.05, 0) is 12.1 Å². The Labute approximate surface area is 106 Å². The van der Waals surface area contributed by atoms with Crippen molar-refractivity contribution >= 4 is 28.2 Å². The fraction of sp³-hybridized carbons (Fsp3) is 0.200. The summed E-state index contributed by atoms with van der Waals surface area (Å²) in [5.74, 6) is -0.828. The molecular weight excluding hydrogens is 256 g/mol. The lowest BCUT2D eigenvalue weighted by Gasteiger charge is -1.96. The molecule has 7 nitrogen and oxygen atoms in total. The molecule has 0 saturated heterocycles. The van der Waals surface area contributed by atoms with Gasteiger partial charge in [-0.3, -0.25) is 9.89 Å². The summed E-state index contributed by atoms with van der Waals surface area (Å²) in [5, 5.41) is 18.1. The molecule has 0 radical (unpaired) electrons. The summed E-state index contributed by atoms with van der Waals surface area (Å²) in [6.45, 7) is 1.89. The SMILES string of the molecule is CCc1nc(C(=O)Nc2ccc(C(=O)O)s2)n[nH]1. The van der Waals surface area contributed by atoms with Crippen molar-refractivity contribution in [1.82, 2.24) is 15.2 Å². The van der Waals surface area contributed by atoms with Crippen LogP contribution < -0.4 is 5.32 Å². The number of aromatic amines is 1. The average molecular weight is 266 g/mol. The highest BCUT2D eigenvalue weighted by Crippen LogP contribution is 2.22. The van der Waals surface area contributed by atoms with Crippen LogP contribution in [0.4, 0.5) is 5.00 Å². The number of carboxylic acid groups (broad SMARTS) is 1. The van der Waals surface area contributed by atoms with Gasteiger partial charge in [0.2, 0.25) is 5.82 Å². The molecule has 2 aromatic rings. The minimum Gasteiger partial charge on any atom is -0.477 e. The molecule has 0 fully saturated rings. The van der Waals surface area contributed by atoms with Crippen LogP contribution >= 0.6 is 11.3 Å². The number of aromatic nitrogens is 3. The maximum atomic E-state index is 11.7. The van der Waals surface area contributed by atoms with Crippen LogP contribution in [0.2, 0.25) is 0 Å². The van der Waals surface area contributed by atoms with Gasteiger partial charge in [0.05, 0.1) is 5.00 Å². The van der Waals surface area contributed by atoms with E-state index >= 15 is 0 Å². The molecule has 0 spiro atoms. The van der Waals surface area contributed by atoms with Gasteiger partial charge >= 0.3 is 5.97 Å². The lowest BCUT2D eigenvalue weighted by atomic mass is 10.4. The quantitative estimate of drug-likeness (QED) is 0.774. The van der Waals surface area contributed by atoms with Gasteiger partial charge in [0.25, 0.3) is 5.91 Å². The molecule has 0 aliphatic heterocycles. The van der Waals surface area contributed by atoms with Crippen molar-refractivity contribution in [3.63, 3.8) is 0 Å². The lowest BCUT2D eigenvalue weighted by Crippen LogP contribution is -2.12. The number of amides is 1. The number of hydrogen-bond acceptors (Lipinski definition) is 5. The summed E-state index contributed by atoms with van der Waals surface area (Å²) in [6.07, 6.45) is 0.655. The Bertz CT molecular complexity index is 589. The smallest absolute Gasteiger partial charge is 0.345 e. The number of carbonyl (C=O) groups is 2. The summed E-state index contributed by atoms with van der Waals surface area (Å²) in [4.78, 5) is 26.5. The molecule has 0 bridgehead atoms. The number of aryl methyl sites for hydroxylation is 1. The summed E-state index contributed by atoms with van der Waals surface area (Å²) < 4.78 is 0. The van der Waals surface area contributed by atoms with E-state index in [0.717, 1.165) is 11.3 Å². The van der Waals surface area contributed by atoms with E-state index in [4.69, 9.17) is 5.11 Å². The Kier molecular flexibility index (Phi) is 3.38. The molecule has 8 heteroatoms. The van der Waals surface area contributed by atoms with Crippen LogP contribution in [-0.2, 0) is 6.42 Å². The van der Waals surface area contributed by atoms with Gasteiger partial charge in [-0.15, -0.1) is 16.4 Å². The van der Waals surface area contributed by atoms with E-state index in [9.17, 15) is 9.59 Å². The van der Waals surface area contributed by atoms with Crippen molar-refractivity contribution in [3.05, 3.63) is 28.7 Å². The van der Waals surface area contributed by atoms with Crippen LogP contribution in [0.1, 0.15) is 33.0 Å². The summed E-state index contributed by atoms with van der Waals surface area (Å²) in [7, 11) is 0. The molecule has 0 unspecified atom stereocenters. The van der Waals surface area contributed by atoms with Crippen molar-refractivity contribution in [2.45, 2.75) is 13.3 Å². The zero-order valence-corrected chi connectivity index (χ0v) is 10.2. The maximum Gasteiger partial charge on any atom is 0.345 e. The number of rotatable bonds is 4. The van der Waals surface area contributed by atoms with Crippen LogP contribution in [0, 0.1) is 0 Å². The molecule has 0 aliphatic rings. The van der Waals surface area contributed by atoms with Crippen LogP contribution in [0.5, 0.6) is 0 Å². The normalized spacial score (nSPS) is 10.3. The monoisotopic (exact) mass is 266 g/mol. The maximum absolute atomic E-state index is 11.7. The number of nitrogens with one attached hydrogen (secondary N) is 2. The van der Waals surface area contributed by atoms with Crippen molar-refractivity contribution < 1.29 is 14.7 Å². The third kappa shape index (κ3) is 2.54. The van der Waals surface area contributed by atoms with Gasteiger partial charge in [-0.25, -0.2) is 9.78 Å². The molecule has 94 valence electrons. The molecule has 1 amide bonds. The third-order valence-corrected chi connectivity index (χ3v) is 3.11. The predicted octanol–water partition coefficient (Wildman–Crippen LogP) is 1.38. The third-order valence-electron chi connectivity index (χ3n) is 2.12. The minimum atomic E-state index is -1.02. The number of thiophene rings is 1. The van der Waals surface area contributed by atoms with Gasteiger partial charge in [0.15, 0.2) is 0 Å². The highest BCUT2D eigenvalue weighted by atomic mass is 32.1. The van der Waals surface area contributed by atoms with Gasteiger partial charge in [-0.1, -0.05) is 6.92 Å². The first-order valence-electron chi connectivity index (χ1n) is 5.16. The molecule has 2 aromatic heterocycles. The Hall–Kier alpha value is -2.22. The Morgan fingerprint density at radius 2 is 2.28 bits per heavy atom. The second-order valence-corrected chi connectivity index (χ2v) is 4.47. The number of carboxylic acids is 1. The lowest BCUT2D eigenvalue weighted by molar-refractivity contribution is 0.0702. The van der Waals surface area contributed by atoms with Gasteiger partial charge < -0.3 is 10.4 Å². The highest BCUT2D eigenvalue weighted by molar-refractivity contribution is 7.18. The zero-order valence-electron chi connectivity index (χ0n) is 9.43. The van der Waals surface area contributed by atoms with Crippen LogP contribution in [-0.4, -0.2) is 32.2 Å². The summed E-state index contributed by atoms with van der Waals surface area (Å²) in [6, 6.07) is 2.96. The Balaban J connectivity index is 2.08. The molecule has 0 saturated carbocycles. The Morgan fingerprint density at radius 3 is 2.83 bits per heavy atom. The molecule has 0 atom stereocenters. The second-order valence-electron chi connectivity index (χ2n) is 3.38. The first-order chi connectivity index (χ1) is 8.60. The second kappa shape index (κ2) is 4.96. The van der Waals surface area contributed by atoms with Gasteiger partial charge in [-0.2, -0.15) is 0 Å². The summed E-state index contributed by atoms with van der Waals surface area (Å²) >= 11 is 0.979. The van der Waals surface area contributed by atoms with E-state index < -0.39 is 11.9 Å². The molecule has 2 heterocycles. The molecule has 3 N–H and O–H groups in total. The van der Waals surface area contributed by atoms with Crippen LogP contribution in [0.25, 0.3) is 0 Å². The molecule has 18 heavy (non-hydrogen) atoms. The van der Waals surface area contributed by atoms with Crippen molar-refractivity contribution in [2.75, 3.05) is 5.32 Å². The molecule has 0 aromatic carbocycles. The van der Waals surface area contributed by atoms with Crippen molar-refractivity contribution in [2.24, 2.45) is 0 Å². The zero-order chi connectivity index (χ0) is 13.1. The number of hydrogen-bond donors (Lipinski definition) is 3. The number of H-pyrrole nitrogens is 1. The standard InChI is InChI=1S/C10H10N4O3S/c1-2-6-11-8(14-13-6)9(15)12-7-4-3-5(18-7)10(16)17/h3-4H,2H2,1H3,(H,12,15)(H,16,17)(H,11,13,14). The minimum absolute atomic E-state index is 0.0390. The van der Waals surface area contributed by atoms with Crippen LogP contribution in [0.3, 0.4) is 0 Å². The first-order valence-corrected chi connectivity index (χ1v) is 5.97. The number of carbonyl (C=O) groups excluding carboxylic acids is 1. The number of aromatic carboxylic acids is 1. The Morgan fingerprint density at radius 1 is 1.50 bits per heavy atom. The largest absolute Gasteiger partial charge is 0.477 e. The fourth-order valence-electron chi connectivity index (χ4n) is 1.24. The van der Waals surface area contributed by atoms with E-state index in [0.29, 0.717) is 17.2 Å². The van der Waals surface area contributed by atoms with Crippen molar-refractivity contribution in [3.8, 4) is 0 Å². The van der Waals surface area contributed by atoms with E-state index in [-0.39, 0.29) is 10.7 Å². The molecule has 2 rings (SSSR count). The predicted molar refractivity (Wildman–Crippen MR) is 65.0 cm³/mol. The first kappa shape index (κ1) is 12.2. The van der Waals surface area contributed by atoms with E-state index in [1.165, 1.54) is 12.1 Å². The van der Waals surface area contributed by atoms with Crippen LogP contribution in [0.15, 0.2) is 12.1 Å². The van der Waals surface area contributed by atoms with Crippen molar-refractivity contribution in [1.29, 1.82) is 0 Å². The van der Waals surface area contributed by atoms with E-state index in [1.54, 1.807) is 0 Å². The number of nitrogens with zero attached hydrogens (tertiary/aromatic N) is 2. The van der Waals surface area contributed by atoms with Gasteiger partial charge in [0.1, 0.15) is 10.7 Å². The number of anilines is 1. The average Bonchev–Trinajstić information content (AvgIpc) is 2.96. The van der Waals surface area contributed by atoms with E-state index in [2.05, 4.69) is 20.5 Å². The fourth-order valence-corrected chi connectivity index (χ4v) is 1.98.